The summed E-state index contributed by atoms with van der Waals surface area (Å²) in [6.07, 6.45) is 1.72. The summed E-state index contributed by atoms with van der Waals surface area (Å²) in [5, 5.41) is 7.45. The fourth-order valence-electron chi connectivity index (χ4n) is 2.24. The minimum Gasteiger partial charge on any atom is -0.382 e. The summed E-state index contributed by atoms with van der Waals surface area (Å²) in [5.74, 6) is 1.52. The van der Waals surface area contributed by atoms with E-state index in [-0.39, 0.29) is 6.04 Å². The van der Waals surface area contributed by atoms with E-state index in [0.29, 0.717) is 0 Å². The molecule has 0 aromatic carbocycles. The van der Waals surface area contributed by atoms with Gasteiger partial charge in [0.2, 0.25) is 5.89 Å². The van der Waals surface area contributed by atoms with Gasteiger partial charge in [-0.1, -0.05) is 5.16 Å². The van der Waals surface area contributed by atoms with Crippen LogP contribution in [0.5, 0.6) is 0 Å². The Labute approximate surface area is 114 Å². The SMILES string of the molecule is CCOCCCc1nc(C(C)N2CCNCC2)no1. The second-order valence-corrected chi connectivity index (χ2v) is 4.81. The molecular weight excluding hydrogens is 244 g/mol. The number of ether oxygens (including phenoxy) is 1. The second-order valence-electron chi connectivity index (χ2n) is 4.81. The first-order chi connectivity index (χ1) is 9.31. The van der Waals surface area contributed by atoms with E-state index in [1.54, 1.807) is 0 Å². The smallest absolute Gasteiger partial charge is 0.226 e. The number of hydrogen-bond acceptors (Lipinski definition) is 6. The van der Waals surface area contributed by atoms with Gasteiger partial charge in [-0.3, -0.25) is 4.90 Å². The van der Waals surface area contributed by atoms with Gasteiger partial charge in [0.15, 0.2) is 5.82 Å². The van der Waals surface area contributed by atoms with Crippen LogP contribution in [0.25, 0.3) is 0 Å². The number of hydrogen-bond donors (Lipinski definition) is 1. The van der Waals surface area contributed by atoms with Gasteiger partial charge in [0.1, 0.15) is 0 Å². The molecule has 6 heteroatoms. The first-order valence-electron chi connectivity index (χ1n) is 7.16. The predicted molar refractivity (Wildman–Crippen MR) is 72.0 cm³/mol. The molecule has 1 fully saturated rings. The molecule has 0 amide bonds. The lowest BCUT2D eigenvalue weighted by Gasteiger charge is -2.30. The Morgan fingerprint density at radius 2 is 2.21 bits per heavy atom. The molecule has 6 nitrogen and oxygen atoms in total. The maximum atomic E-state index is 5.30. The zero-order chi connectivity index (χ0) is 13.5. The number of aryl methyl sites for hydroxylation is 1. The highest BCUT2D eigenvalue weighted by molar-refractivity contribution is 4.94. The van der Waals surface area contributed by atoms with Gasteiger partial charge in [0.25, 0.3) is 0 Å². The summed E-state index contributed by atoms with van der Waals surface area (Å²) < 4.78 is 10.6. The first-order valence-corrected chi connectivity index (χ1v) is 7.16. The van der Waals surface area contributed by atoms with Gasteiger partial charge in [-0.2, -0.15) is 4.98 Å². The lowest BCUT2D eigenvalue weighted by Crippen LogP contribution is -2.44. The molecule has 1 saturated heterocycles. The molecular formula is C13H24N4O2. The number of rotatable bonds is 7. The molecule has 2 rings (SSSR count). The zero-order valence-corrected chi connectivity index (χ0v) is 11.9. The number of nitrogens with one attached hydrogen (secondary N) is 1. The van der Waals surface area contributed by atoms with E-state index in [9.17, 15) is 0 Å². The number of aromatic nitrogens is 2. The molecule has 0 radical (unpaired) electrons. The third kappa shape index (κ3) is 4.26. The van der Waals surface area contributed by atoms with Crippen molar-refractivity contribution < 1.29 is 9.26 Å². The Balaban J connectivity index is 1.81. The molecule has 2 heterocycles. The van der Waals surface area contributed by atoms with Crippen LogP contribution in [0.4, 0.5) is 0 Å². The molecule has 0 spiro atoms. The van der Waals surface area contributed by atoms with Gasteiger partial charge < -0.3 is 14.6 Å². The Kier molecular flexibility index (Phi) is 5.75. The molecule has 1 aliphatic rings. The molecule has 0 bridgehead atoms. The van der Waals surface area contributed by atoms with Crippen LogP contribution in [0.3, 0.4) is 0 Å². The van der Waals surface area contributed by atoms with Crippen LogP contribution in [0.2, 0.25) is 0 Å². The molecule has 108 valence electrons. The predicted octanol–water partition coefficient (Wildman–Crippen LogP) is 1.00. The van der Waals surface area contributed by atoms with Crippen molar-refractivity contribution in [2.75, 3.05) is 39.4 Å². The van der Waals surface area contributed by atoms with Gasteiger partial charge in [0.05, 0.1) is 6.04 Å². The molecule has 1 aromatic heterocycles. The van der Waals surface area contributed by atoms with Gasteiger partial charge >= 0.3 is 0 Å². The van der Waals surface area contributed by atoms with Crippen molar-refractivity contribution in [2.24, 2.45) is 0 Å². The van der Waals surface area contributed by atoms with E-state index in [4.69, 9.17) is 9.26 Å². The highest BCUT2D eigenvalue weighted by atomic mass is 16.5. The average Bonchev–Trinajstić information content (AvgIpc) is 2.92. The van der Waals surface area contributed by atoms with Crippen LogP contribution >= 0.6 is 0 Å². The lowest BCUT2D eigenvalue weighted by molar-refractivity contribution is 0.143. The Hall–Kier alpha value is -0.980. The third-order valence-electron chi connectivity index (χ3n) is 3.44. The second kappa shape index (κ2) is 7.57. The largest absolute Gasteiger partial charge is 0.382 e. The maximum absolute atomic E-state index is 5.30. The Morgan fingerprint density at radius 3 is 2.95 bits per heavy atom. The van der Waals surface area contributed by atoms with Crippen molar-refractivity contribution in [3.05, 3.63) is 11.7 Å². The standard InChI is InChI=1S/C13H24N4O2/c1-3-18-10-4-5-12-15-13(16-19-12)11(2)17-8-6-14-7-9-17/h11,14H,3-10H2,1-2H3. The van der Waals surface area contributed by atoms with E-state index in [2.05, 4.69) is 27.3 Å². The van der Waals surface area contributed by atoms with Crippen LogP contribution in [0, 0.1) is 0 Å². The van der Waals surface area contributed by atoms with Crippen molar-refractivity contribution in [3.63, 3.8) is 0 Å². The summed E-state index contributed by atoms with van der Waals surface area (Å²) in [7, 11) is 0. The van der Waals surface area contributed by atoms with Crippen LogP contribution < -0.4 is 5.32 Å². The zero-order valence-electron chi connectivity index (χ0n) is 11.9. The molecule has 1 aliphatic heterocycles. The quantitative estimate of drug-likeness (QED) is 0.745. The van der Waals surface area contributed by atoms with Crippen LogP contribution in [0.1, 0.15) is 38.0 Å². The molecule has 1 unspecified atom stereocenters. The highest BCUT2D eigenvalue weighted by Crippen LogP contribution is 2.17. The lowest BCUT2D eigenvalue weighted by atomic mass is 10.2. The maximum Gasteiger partial charge on any atom is 0.226 e. The van der Waals surface area contributed by atoms with Crippen LogP contribution in [-0.4, -0.2) is 54.4 Å². The highest BCUT2D eigenvalue weighted by Gasteiger charge is 2.22. The molecule has 1 atom stereocenters. The first kappa shape index (κ1) is 14.4. The van der Waals surface area contributed by atoms with E-state index >= 15 is 0 Å². The summed E-state index contributed by atoms with van der Waals surface area (Å²) >= 11 is 0. The van der Waals surface area contributed by atoms with Crippen molar-refractivity contribution in [2.45, 2.75) is 32.7 Å². The monoisotopic (exact) mass is 268 g/mol. The van der Waals surface area contributed by atoms with Crippen LogP contribution in [-0.2, 0) is 11.2 Å². The molecule has 0 aliphatic carbocycles. The van der Waals surface area contributed by atoms with E-state index in [1.165, 1.54) is 0 Å². The third-order valence-corrected chi connectivity index (χ3v) is 3.44. The molecule has 19 heavy (non-hydrogen) atoms. The van der Waals surface area contributed by atoms with E-state index in [0.717, 1.165) is 63.9 Å². The molecule has 1 N–H and O–H groups in total. The Morgan fingerprint density at radius 1 is 1.42 bits per heavy atom. The fraction of sp³-hybridized carbons (Fsp3) is 0.846. The number of piperazine rings is 1. The van der Waals surface area contributed by atoms with Gasteiger partial charge in [-0.15, -0.1) is 0 Å². The molecule has 1 aromatic rings. The van der Waals surface area contributed by atoms with Crippen molar-refractivity contribution in [1.82, 2.24) is 20.4 Å². The van der Waals surface area contributed by atoms with Gasteiger partial charge in [0, 0.05) is 45.8 Å². The normalized spacial score (nSPS) is 18.6. The summed E-state index contributed by atoms with van der Waals surface area (Å²) in [6.45, 7) is 9.79. The van der Waals surface area contributed by atoms with Crippen molar-refractivity contribution in [3.8, 4) is 0 Å². The summed E-state index contributed by atoms with van der Waals surface area (Å²) in [6, 6.07) is 0.228. The Bertz CT molecular complexity index is 363. The van der Waals surface area contributed by atoms with Gasteiger partial charge in [-0.05, 0) is 20.3 Å². The van der Waals surface area contributed by atoms with E-state index in [1.807, 2.05) is 6.92 Å². The molecule has 0 saturated carbocycles. The topological polar surface area (TPSA) is 63.4 Å². The fourth-order valence-corrected chi connectivity index (χ4v) is 2.24. The number of nitrogens with zero attached hydrogens (tertiary/aromatic N) is 3. The minimum atomic E-state index is 0.228. The van der Waals surface area contributed by atoms with Gasteiger partial charge in [-0.25, -0.2) is 0 Å². The summed E-state index contributed by atoms with van der Waals surface area (Å²) in [4.78, 5) is 6.87. The minimum absolute atomic E-state index is 0.228. The van der Waals surface area contributed by atoms with Crippen molar-refractivity contribution >= 4 is 0 Å². The van der Waals surface area contributed by atoms with Crippen LogP contribution in [0.15, 0.2) is 4.52 Å². The van der Waals surface area contributed by atoms with E-state index < -0.39 is 0 Å². The van der Waals surface area contributed by atoms with Crippen molar-refractivity contribution in [1.29, 1.82) is 0 Å². The summed E-state index contributed by atoms with van der Waals surface area (Å²) in [5.41, 5.74) is 0. The average molecular weight is 268 g/mol.